The summed E-state index contributed by atoms with van der Waals surface area (Å²) < 4.78 is 67.9. The monoisotopic (exact) mass is 433 g/mol. The number of nitrogens with two attached hydrogens (primary N) is 1. The van der Waals surface area contributed by atoms with Gasteiger partial charge in [0.2, 0.25) is 0 Å². The van der Waals surface area contributed by atoms with Crippen molar-refractivity contribution in [3.05, 3.63) is 47.4 Å². The molecule has 0 radical (unpaired) electrons. The Hall–Kier alpha value is -2.70. The summed E-state index contributed by atoms with van der Waals surface area (Å²) in [5, 5.41) is 8.16. The first-order valence-corrected chi connectivity index (χ1v) is 9.30. The summed E-state index contributed by atoms with van der Waals surface area (Å²) in [5.41, 5.74) is 0.265. The quantitative estimate of drug-likeness (QED) is 0.676. The average Bonchev–Trinajstić information content (AvgIpc) is 3.07. The second kappa shape index (κ2) is 7.04. The number of hydrogen-bond acceptors (Lipinski definition) is 6. The molecule has 0 saturated heterocycles. The van der Waals surface area contributed by atoms with Gasteiger partial charge in [0.25, 0.3) is 15.8 Å². The molecule has 28 heavy (non-hydrogen) atoms. The van der Waals surface area contributed by atoms with E-state index >= 15 is 0 Å². The fourth-order valence-corrected chi connectivity index (χ4v) is 2.99. The van der Waals surface area contributed by atoms with Crippen molar-refractivity contribution in [2.75, 3.05) is 7.11 Å². The van der Waals surface area contributed by atoms with Gasteiger partial charge in [0.1, 0.15) is 5.75 Å². The van der Waals surface area contributed by atoms with Gasteiger partial charge in [-0.2, -0.15) is 13.2 Å². The van der Waals surface area contributed by atoms with E-state index in [1.54, 1.807) is 0 Å². The average molecular weight is 434 g/mol. The second-order valence-corrected chi connectivity index (χ2v) is 7.33. The maximum absolute atomic E-state index is 13.1. The molecule has 0 aliphatic carbocycles. The number of hydrogen-bond donors (Lipinski definition) is 1. The molecule has 0 saturated carbocycles. The summed E-state index contributed by atoms with van der Waals surface area (Å²) in [7, 11) is -2.67. The number of ether oxygens (including phenoxy) is 1. The van der Waals surface area contributed by atoms with E-state index in [-0.39, 0.29) is 22.1 Å². The number of methoxy groups -OCH3 is 1. The Morgan fingerprint density at radius 1 is 1.21 bits per heavy atom. The molecule has 148 valence electrons. The van der Waals surface area contributed by atoms with Crippen LogP contribution in [0.5, 0.6) is 5.75 Å². The minimum absolute atomic E-state index is 0.0392. The van der Waals surface area contributed by atoms with Crippen LogP contribution in [0.3, 0.4) is 0 Å². The van der Waals surface area contributed by atoms with Crippen LogP contribution in [0.1, 0.15) is 5.82 Å². The highest BCUT2D eigenvalue weighted by molar-refractivity contribution is 7.89. The van der Waals surface area contributed by atoms with Crippen molar-refractivity contribution >= 4 is 21.6 Å². The van der Waals surface area contributed by atoms with Crippen LogP contribution < -0.4 is 9.88 Å². The van der Waals surface area contributed by atoms with E-state index in [9.17, 15) is 21.6 Å². The number of primary sulfonamides is 1. The number of alkyl halides is 3. The van der Waals surface area contributed by atoms with Gasteiger partial charge in [-0.1, -0.05) is 11.6 Å². The Bertz CT molecular complexity index is 1130. The lowest BCUT2D eigenvalue weighted by molar-refractivity contribution is -0.144. The molecule has 8 nitrogen and oxygen atoms in total. The van der Waals surface area contributed by atoms with Crippen molar-refractivity contribution in [3.8, 4) is 22.8 Å². The summed E-state index contributed by atoms with van der Waals surface area (Å²) in [5.74, 6) is -1.24. The van der Waals surface area contributed by atoms with Gasteiger partial charge in [0.15, 0.2) is 10.9 Å². The zero-order valence-corrected chi connectivity index (χ0v) is 15.5. The van der Waals surface area contributed by atoms with Gasteiger partial charge in [0.05, 0.1) is 24.0 Å². The van der Waals surface area contributed by atoms with Gasteiger partial charge in [-0.15, -0.1) is 5.10 Å². The summed E-state index contributed by atoms with van der Waals surface area (Å²) in [4.78, 5) is 7.20. The van der Waals surface area contributed by atoms with Gasteiger partial charge in [-0.05, 0) is 30.3 Å². The first kappa shape index (κ1) is 20.0. The van der Waals surface area contributed by atoms with Gasteiger partial charge in [-0.25, -0.2) is 28.2 Å². The standard InChI is InChI=1S/C15H11ClF3N5O3S/c1-27-11-4-2-8(6-10(11)16)13-22-14(15(17,18)19)23-24(13)9-3-5-12(21-7-9)28(20,25)26/h2-7H,1H3,(H2,20,25,26). The van der Waals surface area contributed by atoms with E-state index in [2.05, 4.69) is 15.1 Å². The molecule has 0 aliphatic heterocycles. The normalized spacial score (nSPS) is 12.2. The summed E-state index contributed by atoms with van der Waals surface area (Å²) in [6, 6.07) is 6.54. The number of sulfonamides is 1. The lowest BCUT2D eigenvalue weighted by Crippen LogP contribution is -2.14. The Balaban J connectivity index is 2.18. The molecule has 0 atom stereocenters. The van der Waals surface area contributed by atoms with Gasteiger partial charge in [0, 0.05) is 5.56 Å². The van der Waals surface area contributed by atoms with Crippen molar-refractivity contribution in [1.82, 2.24) is 19.7 Å². The van der Waals surface area contributed by atoms with E-state index in [1.165, 1.54) is 31.4 Å². The summed E-state index contributed by atoms with van der Waals surface area (Å²) >= 11 is 6.05. The molecule has 13 heteroatoms. The van der Waals surface area contributed by atoms with Crippen LogP contribution in [-0.4, -0.2) is 35.3 Å². The smallest absolute Gasteiger partial charge is 0.453 e. The fourth-order valence-electron chi connectivity index (χ4n) is 2.27. The highest BCUT2D eigenvalue weighted by Gasteiger charge is 2.37. The molecule has 0 amide bonds. The van der Waals surface area contributed by atoms with E-state index in [0.29, 0.717) is 5.75 Å². The van der Waals surface area contributed by atoms with Crippen molar-refractivity contribution in [1.29, 1.82) is 0 Å². The summed E-state index contributed by atoms with van der Waals surface area (Å²) in [6.07, 6.45) is -3.78. The number of benzene rings is 1. The molecule has 3 aromatic rings. The second-order valence-electron chi connectivity index (χ2n) is 5.42. The number of pyridine rings is 1. The minimum atomic E-state index is -4.80. The topological polar surface area (TPSA) is 113 Å². The molecule has 0 bridgehead atoms. The van der Waals surface area contributed by atoms with Crippen molar-refractivity contribution in [2.24, 2.45) is 5.14 Å². The molecule has 2 heterocycles. The van der Waals surface area contributed by atoms with Crippen LogP contribution in [0, 0.1) is 0 Å². The lowest BCUT2D eigenvalue weighted by Gasteiger charge is -2.08. The zero-order chi connectivity index (χ0) is 20.7. The SMILES string of the molecule is COc1ccc(-c2nc(C(F)(F)F)nn2-c2ccc(S(N)(=O)=O)nc2)cc1Cl. The van der Waals surface area contributed by atoms with Gasteiger partial charge >= 0.3 is 6.18 Å². The molecule has 1 aromatic carbocycles. The highest BCUT2D eigenvalue weighted by atomic mass is 35.5. The molecule has 0 spiro atoms. The largest absolute Gasteiger partial charge is 0.495 e. The molecule has 3 rings (SSSR count). The predicted octanol–water partition coefficient (Wildman–Crippen LogP) is 2.66. The minimum Gasteiger partial charge on any atom is -0.495 e. The van der Waals surface area contributed by atoms with Crippen molar-refractivity contribution in [3.63, 3.8) is 0 Å². The first-order chi connectivity index (χ1) is 13.0. The molecule has 0 unspecified atom stereocenters. The van der Waals surface area contributed by atoms with Crippen LogP contribution in [0.15, 0.2) is 41.6 Å². The number of rotatable bonds is 4. The maximum Gasteiger partial charge on any atom is 0.453 e. The van der Waals surface area contributed by atoms with Crippen LogP contribution >= 0.6 is 11.6 Å². The molecule has 0 aliphatic rings. The lowest BCUT2D eigenvalue weighted by atomic mass is 10.2. The molecular weight excluding hydrogens is 423 g/mol. The third-order valence-electron chi connectivity index (χ3n) is 3.53. The molecule has 0 fully saturated rings. The Kier molecular flexibility index (Phi) is 5.04. The number of nitrogens with zero attached hydrogens (tertiary/aromatic N) is 4. The Labute approximate surface area is 161 Å². The predicted molar refractivity (Wildman–Crippen MR) is 92.5 cm³/mol. The summed E-state index contributed by atoms with van der Waals surface area (Å²) in [6.45, 7) is 0. The zero-order valence-electron chi connectivity index (χ0n) is 14.0. The number of aromatic nitrogens is 4. The number of halogens is 4. The van der Waals surface area contributed by atoms with Crippen molar-refractivity contribution < 1.29 is 26.3 Å². The Morgan fingerprint density at radius 3 is 2.43 bits per heavy atom. The molecule has 2 aromatic heterocycles. The first-order valence-electron chi connectivity index (χ1n) is 7.38. The van der Waals surface area contributed by atoms with E-state index in [1.807, 2.05) is 0 Å². The van der Waals surface area contributed by atoms with Gasteiger partial charge in [-0.3, -0.25) is 0 Å². The van der Waals surface area contributed by atoms with Crippen LogP contribution in [0.2, 0.25) is 5.02 Å². The van der Waals surface area contributed by atoms with E-state index in [4.69, 9.17) is 21.5 Å². The van der Waals surface area contributed by atoms with Crippen LogP contribution in [0.25, 0.3) is 17.1 Å². The van der Waals surface area contributed by atoms with Crippen molar-refractivity contribution in [2.45, 2.75) is 11.2 Å². The maximum atomic E-state index is 13.1. The van der Waals surface area contributed by atoms with Crippen LogP contribution in [-0.2, 0) is 16.2 Å². The van der Waals surface area contributed by atoms with Crippen LogP contribution in [0.4, 0.5) is 13.2 Å². The molecular formula is C15H11ClF3N5O3S. The molecule has 2 N–H and O–H groups in total. The highest BCUT2D eigenvalue weighted by Crippen LogP contribution is 2.33. The third-order valence-corrected chi connectivity index (χ3v) is 4.65. The fraction of sp³-hybridized carbons (Fsp3) is 0.133. The van der Waals surface area contributed by atoms with E-state index in [0.717, 1.165) is 16.9 Å². The van der Waals surface area contributed by atoms with E-state index < -0.39 is 27.0 Å². The Morgan fingerprint density at radius 2 is 1.93 bits per heavy atom. The van der Waals surface area contributed by atoms with Gasteiger partial charge < -0.3 is 4.74 Å². The third kappa shape index (κ3) is 3.93.